The number of carbonyl (C=O) groups is 1. The van der Waals surface area contributed by atoms with Crippen LogP contribution in [0.25, 0.3) is 32.7 Å². The number of benzene rings is 2. The summed E-state index contributed by atoms with van der Waals surface area (Å²) in [5.74, 6) is 5.82. The molecule has 4 aromatic rings. The number of halogens is 1. The van der Waals surface area contributed by atoms with E-state index in [1.165, 1.54) is 30.4 Å². The first kappa shape index (κ1) is 22.4. The molecule has 0 fully saturated rings. The zero-order chi connectivity index (χ0) is 23.2. The van der Waals surface area contributed by atoms with Crippen molar-refractivity contribution < 1.29 is 14.3 Å². The molecule has 4 rings (SSSR count). The monoisotopic (exact) mass is 456 g/mol. The molecule has 0 saturated heterocycles. The Bertz CT molecular complexity index is 1320. The van der Waals surface area contributed by atoms with Crippen LogP contribution in [0.5, 0.6) is 0 Å². The Balaban J connectivity index is 1.97. The third kappa shape index (κ3) is 5.17. The topological polar surface area (TPSA) is 62.2 Å². The van der Waals surface area contributed by atoms with Crippen LogP contribution >= 0.6 is 11.3 Å². The lowest BCUT2D eigenvalue weighted by atomic mass is 9.93. The van der Waals surface area contributed by atoms with Gasteiger partial charge in [-0.25, -0.2) is 4.39 Å². The summed E-state index contributed by atoms with van der Waals surface area (Å²) in [6.07, 6.45) is 3.85. The molecule has 33 heavy (non-hydrogen) atoms. The highest BCUT2D eigenvalue weighted by molar-refractivity contribution is 7.17. The van der Waals surface area contributed by atoms with E-state index in [1.807, 2.05) is 36.4 Å². The van der Waals surface area contributed by atoms with E-state index in [9.17, 15) is 14.3 Å². The maximum Gasteiger partial charge on any atom is 0.221 e. The summed E-state index contributed by atoms with van der Waals surface area (Å²) in [6, 6.07) is 17.9. The van der Waals surface area contributed by atoms with Crippen LogP contribution in [0.1, 0.15) is 18.2 Å². The van der Waals surface area contributed by atoms with Crippen molar-refractivity contribution in [2.75, 3.05) is 11.9 Å². The second-order valence-corrected chi connectivity index (χ2v) is 8.31. The van der Waals surface area contributed by atoms with Crippen LogP contribution in [0.2, 0.25) is 0 Å². The standard InChI is InChI=1S/C27H21FN2O2S/c1-18(32)30-23-11-7-19(8-12-23)25-24(4-2-3-17-31)33-27(21-5-9-22(28)10-6-21)26(25)20-13-15-29-16-14-20/h5-16,31H,3,17H2,1H3,(H,30,32). The van der Waals surface area contributed by atoms with Gasteiger partial charge in [-0.2, -0.15) is 0 Å². The van der Waals surface area contributed by atoms with Gasteiger partial charge in [-0.15, -0.1) is 11.3 Å². The number of hydrogen-bond donors (Lipinski definition) is 2. The summed E-state index contributed by atoms with van der Waals surface area (Å²) in [5.41, 5.74) is 5.43. The van der Waals surface area contributed by atoms with Gasteiger partial charge < -0.3 is 10.4 Å². The third-order valence-electron chi connectivity index (χ3n) is 4.92. The van der Waals surface area contributed by atoms with E-state index in [2.05, 4.69) is 22.1 Å². The molecule has 0 unspecified atom stereocenters. The lowest BCUT2D eigenvalue weighted by Crippen LogP contribution is -2.05. The highest BCUT2D eigenvalue weighted by atomic mass is 32.1. The molecule has 0 atom stereocenters. The van der Waals surface area contributed by atoms with Gasteiger partial charge in [0.25, 0.3) is 0 Å². The zero-order valence-corrected chi connectivity index (χ0v) is 18.7. The second-order valence-electron chi connectivity index (χ2n) is 7.29. The Kier molecular flexibility index (Phi) is 6.94. The minimum absolute atomic E-state index is 0.0127. The Morgan fingerprint density at radius 2 is 1.61 bits per heavy atom. The number of aromatic nitrogens is 1. The maximum atomic E-state index is 13.6. The third-order valence-corrected chi connectivity index (χ3v) is 6.07. The fraction of sp³-hybridized carbons (Fsp3) is 0.111. The number of amides is 1. The number of rotatable bonds is 5. The SMILES string of the molecule is CC(=O)Nc1ccc(-c2c(C#CCCO)sc(-c3ccc(F)cc3)c2-c2ccncc2)cc1. The summed E-state index contributed by atoms with van der Waals surface area (Å²) in [6.45, 7) is 1.46. The minimum Gasteiger partial charge on any atom is -0.395 e. The molecule has 0 aliphatic carbocycles. The molecule has 164 valence electrons. The van der Waals surface area contributed by atoms with E-state index in [0.29, 0.717) is 12.1 Å². The fourth-order valence-corrected chi connectivity index (χ4v) is 4.74. The van der Waals surface area contributed by atoms with E-state index in [4.69, 9.17) is 0 Å². The molecule has 2 heterocycles. The van der Waals surface area contributed by atoms with Gasteiger partial charge in [0.1, 0.15) is 5.82 Å². The van der Waals surface area contributed by atoms with Gasteiger partial charge in [-0.3, -0.25) is 9.78 Å². The van der Waals surface area contributed by atoms with Crippen LogP contribution < -0.4 is 5.32 Å². The van der Waals surface area contributed by atoms with Gasteiger partial charge in [0.15, 0.2) is 0 Å². The molecule has 0 saturated carbocycles. The van der Waals surface area contributed by atoms with E-state index < -0.39 is 0 Å². The molecule has 0 aliphatic heterocycles. The first-order chi connectivity index (χ1) is 16.1. The molecule has 1 amide bonds. The summed E-state index contributed by atoms with van der Waals surface area (Å²) in [4.78, 5) is 17.4. The van der Waals surface area contributed by atoms with Crippen molar-refractivity contribution in [2.45, 2.75) is 13.3 Å². The number of nitrogens with zero attached hydrogens (tertiary/aromatic N) is 1. The first-order valence-corrected chi connectivity index (χ1v) is 11.2. The highest BCUT2D eigenvalue weighted by Crippen LogP contribution is 2.47. The predicted octanol–water partition coefficient (Wildman–Crippen LogP) is 5.98. The number of carbonyl (C=O) groups excluding carboxylic acids is 1. The Hall–Kier alpha value is -3.79. The van der Waals surface area contributed by atoms with Crippen LogP contribution in [0.4, 0.5) is 10.1 Å². The van der Waals surface area contributed by atoms with E-state index >= 15 is 0 Å². The van der Waals surface area contributed by atoms with Gasteiger partial charge in [0.2, 0.25) is 5.91 Å². The molecule has 0 radical (unpaired) electrons. The predicted molar refractivity (Wildman–Crippen MR) is 131 cm³/mol. The molecule has 2 N–H and O–H groups in total. The highest BCUT2D eigenvalue weighted by Gasteiger charge is 2.21. The quantitative estimate of drug-likeness (QED) is 0.364. The lowest BCUT2D eigenvalue weighted by Gasteiger charge is -2.10. The Morgan fingerprint density at radius 3 is 2.24 bits per heavy atom. The van der Waals surface area contributed by atoms with Crippen molar-refractivity contribution in [1.82, 2.24) is 4.98 Å². The van der Waals surface area contributed by atoms with Crippen LogP contribution in [-0.4, -0.2) is 22.6 Å². The summed E-state index contributed by atoms with van der Waals surface area (Å²) in [7, 11) is 0. The maximum absolute atomic E-state index is 13.6. The number of hydrogen-bond acceptors (Lipinski definition) is 4. The zero-order valence-electron chi connectivity index (χ0n) is 17.9. The largest absolute Gasteiger partial charge is 0.395 e. The molecule has 6 heteroatoms. The van der Waals surface area contributed by atoms with E-state index in [-0.39, 0.29) is 18.3 Å². The van der Waals surface area contributed by atoms with Gasteiger partial charge in [-0.1, -0.05) is 36.1 Å². The molecule has 2 aromatic heterocycles. The number of pyridine rings is 1. The fourth-order valence-electron chi connectivity index (χ4n) is 3.52. The van der Waals surface area contributed by atoms with E-state index in [0.717, 1.165) is 37.6 Å². The summed E-state index contributed by atoms with van der Waals surface area (Å²) in [5, 5.41) is 12.0. The molecule has 0 bridgehead atoms. The van der Waals surface area contributed by atoms with Crippen molar-refractivity contribution in [3.8, 4) is 44.5 Å². The summed E-state index contributed by atoms with van der Waals surface area (Å²) < 4.78 is 13.6. The van der Waals surface area contributed by atoms with Crippen molar-refractivity contribution in [3.05, 3.63) is 83.8 Å². The first-order valence-electron chi connectivity index (χ1n) is 10.4. The van der Waals surface area contributed by atoms with Crippen molar-refractivity contribution in [1.29, 1.82) is 0 Å². The number of anilines is 1. The number of aliphatic hydroxyl groups is 1. The Labute approximate surface area is 195 Å². The molecule has 0 spiro atoms. The average Bonchev–Trinajstić information content (AvgIpc) is 3.20. The average molecular weight is 457 g/mol. The van der Waals surface area contributed by atoms with Crippen LogP contribution in [0, 0.1) is 17.7 Å². The molecular weight excluding hydrogens is 435 g/mol. The molecular formula is C27H21FN2O2S. The second kappa shape index (κ2) is 10.2. The molecule has 0 aliphatic rings. The van der Waals surface area contributed by atoms with Crippen LogP contribution in [0.3, 0.4) is 0 Å². The lowest BCUT2D eigenvalue weighted by molar-refractivity contribution is -0.114. The number of aliphatic hydroxyl groups excluding tert-OH is 1. The van der Waals surface area contributed by atoms with Gasteiger partial charge >= 0.3 is 0 Å². The van der Waals surface area contributed by atoms with E-state index in [1.54, 1.807) is 24.5 Å². The van der Waals surface area contributed by atoms with Crippen molar-refractivity contribution in [2.24, 2.45) is 0 Å². The summed E-state index contributed by atoms with van der Waals surface area (Å²) >= 11 is 1.53. The smallest absolute Gasteiger partial charge is 0.221 e. The number of nitrogens with one attached hydrogen (secondary N) is 1. The number of thiophene rings is 1. The van der Waals surface area contributed by atoms with Crippen LogP contribution in [0.15, 0.2) is 73.1 Å². The van der Waals surface area contributed by atoms with Gasteiger partial charge in [0, 0.05) is 47.4 Å². The molecule has 4 nitrogen and oxygen atoms in total. The van der Waals surface area contributed by atoms with Gasteiger partial charge in [0.05, 0.1) is 11.5 Å². The van der Waals surface area contributed by atoms with Crippen molar-refractivity contribution >= 4 is 22.9 Å². The normalized spacial score (nSPS) is 10.4. The van der Waals surface area contributed by atoms with Crippen molar-refractivity contribution in [3.63, 3.8) is 0 Å². The molecule has 2 aromatic carbocycles. The minimum atomic E-state index is -0.294. The van der Waals surface area contributed by atoms with Crippen LogP contribution in [-0.2, 0) is 4.79 Å². The Morgan fingerprint density at radius 1 is 0.970 bits per heavy atom. The van der Waals surface area contributed by atoms with Gasteiger partial charge in [-0.05, 0) is 53.1 Å².